The standard InChI is InChI=1S/C36H42N2O3S/c1-28-35(40-25-30-13-7-3-8-14-30)36(41-26-31-15-9-4-10-16-31)34(39-24-29-11-5-2-6-12-29)23-38(28)22-32-17-19-37(21-32)33-18-20-42-27-33/h2-16,18,20,27-28,32,34-36H,17,19,21-26H2,1H3/t28-,32?,34+,35-,36-/m1/s1. The molecule has 4 aromatic rings. The number of hydrogen-bond donors (Lipinski definition) is 0. The smallest absolute Gasteiger partial charge is 0.113 e. The first-order valence-electron chi connectivity index (χ1n) is 15.2. The van der Waals surface area contributed by atoms with Gasteiger partial charge < -0.3 is 19.1 Å². The molecule has 6 rings (SSSR count). The van der Waals surface area contributed by atoms with E-state index in [0.717, 1.165) is 31.7 Å². The van der Waals surface area contributed by atoms with E-state index >= 15 is 0 Å². The van der Waals surface area contributed by atoms with Gasteiger partial charge in [0.05, 0.1) is 25.9 Å². The zero-order valence-electron chi connectivity index (χ0n) is 24.5. The van der Waals surface area contributed by atoms with Crippen molar-refractivity contribution >= 4 is 17.0 Å². The normalized spacial score (nSPS) is 24.7. The lowest BCUT2D eigenvalue weighted by molar-refractivity contribution is -0.201. The Balaban J connectivity index is 1.21. The zero-order valence-corrected chi connectivity index (χ0v) is 25.3. The summed E-state index contributed by atoms with van der Waals surface area (Å²) in [6.07, 6.45) is 0.783. The third-order valence-electron chi connectivity index (χ3n) is 8.68. The summed E-state index contributed by atoms with van der Waals surface area (Å²) in [5.41, 5.74) is 4.87. The molecule has 5 atom stereocenters. The van der Waals surface area contributed by atoms with Gasteiger partial charge in [-0.1, -0.05) is 91.0 Å². The van der Waals surface area contributed by atoms with Gasteiger partial charge >= 0.3 is 0 Å². The first-order valence-corrected chi connectivity index (χ1v) is 16.1. The van der Waals surface area contributed by atoms with Crippen molar-refractivity contribution in [1.82, 2.24) is 4.90 Å². The van der Waals surface area contributed by atoms with E-state index in [1.54, 1.807) is 11.3 Å². The summed E-state index contributed by atoms with van der Waals surface area (Å²) in [5.74, 6) is 0.610. The van der Waals surface area contributed by atoms with E-state index in [1.807, 2.05) is 12.1 Å². The third-order valence-corrected chi connectivity index (χ3v) is 9.35. The minimum Gasteiger partial charge on any atom is -0.371 e. The summed E-state index contributed by atoms with van der Waals surface area (Å²) >= 11 is 1.78. The van der Waals surface area contributed by atoms with E-state index < -0.39 is 0 Å². The lowest BCUT2D eigenvalue weighted by Crippen LogP contribution is -2.63. The second-order valence-corrected chi connectivity index (χ2v) is 12.4. The van der Waals surface area contributed by atoms with Gasteiger partial charge in [-0.25, -0.2) is 0 Å². The largest absolute Gasteiger partial charge is 0.371 e. The summed E-state index contributed by atoms with van der Waals surface area (Å²) in [4.78, 5) is 5.14. The molecule has 2 fully saturated rings. The molecule has 2 saturated heterocycles. The summed E-state index contributed by atoms with van der Waals surface area (Å²) in [7, 11) is 0. The molecular weight excluding hydrogens is 540 g/mol. The van der Waals surface area contributed by atoms with Crippen LogP contribution >= 0.6 is 11.3 Å². The Hall–Kier alpha value is -3.00. The lowest BCUT2D eigenvalue weighted by Gasteiger charge is -2.48. The summed E-state index contributed by atoms with van der Waals surface area (Å²) in [6, 6.07) is 33.8. The highest BCUT2D eigenvalue weighted by Crippen LogP contribution is 2.32. The molecule has 1 aromatic heterocycles. The summed E-state index contributed by atoms with van der Waals surface area (Å²) in [5, 5.41) is 4.44. The molecule has 0 bridgehead atoms. The van der Waals surface area contributed by atoms with Crippen LogP contribution in [0, 0.1) is 5.92 Å². The number of piperidine rings is 1. The van der Waals surface area contributed by atoms with Crippen LogP contribution < -0.4 is 4.90 Å². The van der Waals surface area contributed by atoms with Crippen LogP contribution in [-0.2, 0) is 34.0 Å². The summed E-state index contributed by atoms with van der Waals surface area (Å²) in [6.45, 7) is 8.03. The SMILES string of the molecule is C[C@@H]1[C@@H](OCc2ccccc2)[C@H](OCc2ccccc2)[C@@H](OCc2ccccc2)CN1CC1CCN(c2ccsc2)C1. The molecular formula is C36H42N2O3S. The van der Waals surface area contributed by atoms with Crippen molar-refractivity contribution in [3.8, 4) is 0 Å². The van der Waals surface area contributed by atoms with Crippen molar-refractivity contribution in [3.05, 3.63) is 125 Å². The van der Waals surface area contributed by atoms with Gasteiger partial charge in [0.15, 0.2) is 0 Å². The van der Waals surface area contributed by atoms with E-state index in [1.165, 1.54) is 23.2 Å². The second kappa shape index (κ2) is 14.5. The number of ether oxygens (including phenoxy) is 3. The van der Waals surface area contributed by atoms with Crippen LogP contribution in [0.3, 0.4) is 0 Å². The minimum absolute atomic E-state index is 0.111. The first-order chi connectivity index (χ1) is 20.7. The molecule has 42 heavy (non-hydrogen) atoms. The molecule has 0 aliphatic carbocycles. The zero-order chi connectivity index (χ0) is 28.6. The Bertz CT molecular complexity index is 1320. The molecule has 3 aromatic carbocycles. The highest BCUT2D eigenvalue weighted by atomic mass is 32.1. The Morgan fingerprint density at radius 2 is 1.26 bits per heavy atom. The van der Waals surface area contributed by atoms with Crippen LogP contribution in [0.15, 0.2) is 108 Å². The van der Waals surface area contributed by atoms with Crippen molar-refractivity contribution in [2.24, 2.45) is 5.92 Å². The molecule has 0 spiro atoms. The average Bonchev–Trinajstić information content (AvgIpc) is 3.74. The van der Waals surface area contributed by atoms with Crippen molar-refractivity contribution in [1.29, 1.82) is 0 Å². The molecule has 6 heteroatoms. The predicted molar refractivity (Wildman–Crippen MR) is 171 cm³/mol. The fraction of sp³-hybridized carbons (Fsp3) is 0.389. The fourth-order valence-electron chi connectivity index (χ4n) is 6.32. The van der Waals surface area contributed by atoms with E-state index in [4.69, 9.17) is 14.2 Å². The number of benzene rings is 3. The van der Waals surface area contributed by atoms with Crippen LogP contribution in [0.4, 0.5) is 5.69 Å². The van der Waals surface area contributed by atoms with Crippen LogP contribution in [0.5, 0.6) is 0 Å². The van der Waals surface area contributed by atoms with Crippen molar-refractivity contribution in [3.63, 3.8) is 0 Å². The Morgan fingerprint density at radius 3 is 1.83 bits per heavy atom. The van der Waals surface area contributed by atoms with Crippen LogP contribution in [0.2, 0.25) is 0 Å². The van der Waals surface area contributed by atoms with Crippen LogP contribution in [0.1, 0.15) is 30.0 Å². The maximum absolute atomic E-state index is 6.78. The Labute approximate surface area is 254 Å². The molecule has 0 radical (unpaired) electrons. The number of rotatable bonds is 12. The number of anilines is 1. The molecule has 0 saturated carbocycles. The monoisotopic (exact) mass is 582 g/mol. The topological polar surface area (TPSA) is 34.2 Å². The van der Waals surface area contributed by atoms with Crippen LogP contribution in [0.25, 0.3) is 0 Å². The second-order valence-electron chi connectivity index (χ2n) is 11.6. The minimum atomic E-state index is -0.185. The molecule has 0 N–H and O–H groups in total. The van der Waals surface area contributed by atoms with E-state index in [2.05, 4.69) is 112 Å². The van der Waals surface area contributed by atoms with Gasteiger partial charge in [-0.3, -0.25) is 4.90 Å². The number of thiophene rings is 1. The van der Waals surface area contributed by atoms with E-state index in [0.29, 0.717) is 25.7 Å². The van der Waals surface area contributed by atoms with Crippen molar-refractivity contribution < 1.29 is 14.2 Å². The first kappa shape index (κ1) is 29.1. The number of likely N-dealkylation sites (tertiary alicyclic amines) is 1. The quantitative estimate of drug-likeness (QED) is 0.179. The average molecular weight is 583 g/mol. The Kier molecular flexibility index (Phi) is 10.0. The fourth-order valence-corrected chi connectivity index (χ4v) is 6.98. The molecule has 1 unspecified atom stereocenters. The van der Waals surface area contributed by atoms with Crippen molar-refractivity contribution in [2.75, 3.05) is 31.1 Å². The summed E-state index contributed by atoms with van der Waals surface area (Å²) < 4.78 is 20.2. The highest BCUT2D eigenvalue weighted by molar-refractivity contribution is 7.08. The maximum atomic E-state index is 6.78. The number of hydrogen-bond acceptors (Lipinski definition) is 6. The van der Waals surface area contributed by atoms with Gasteiger partial charge in [0.1, 0.15) is 12.2 Å². The van der Waals surface area contributed by atoms with Gasteiger partial charge in [0.2, 0.25) is 0 Å². The van der Waals surface area contributed by atoms with Gasteiger partial charge in [-0.15, -0.1) is 0 Å². The molecule has 220 valence electrons. The van der Waals surface area contributed by atoms with Gasteiger partial charge in [-0.05, 0) is 47.4 Å². The van der Waals surface area contributed by atoms with Crippen molar-refractivity contribution in [2.45, 2.75) is 57.5 Å². The van der Waals surface area contributed by atoms with Gasteiger partial charge in [0.25, 0.3) is 0 Å². The molecule has 3 heterocycles. The molecule has 2 aliphatic heterocycles. The Morgan fingerprint density at radius 1 is 0.690 bits per heavy atom. The maximum Gasteiger partial charge on any atom is 0.113 e. The molecule has 2 aliphatic rings. The van der Waals surface area contributed by atoms with Crippen LogP contribution in [-0.4, -0.2) is 55.4 Å². The third kappa shape index (κ3) is 7.49. The van der Waals surface area contributed by atoms with E-state index in [9.17, 15) is 0 Å². The van der Waals surface area contributed by atoms with Gasteiger partial charge in [-0.2, -0.15) is 11.3 Å². The number of nitrogens with zero attached hydrogens (tertiary/aromatic N) is 2. The highest BCUT2D eigenvalue weighted by Gasteiger charge is 2.45. The van der Waals surface area contributed by atoms with E-state index in [-0.39, 0.29) is 24.4 Å². The predicted octanol–water partition coefficient (Wildman–Crippen LogP) is 7.03. The molecule has 5 nitrogen and oxygen atoms in total. The molecule has 0 amide bonds. The van der Waals surface area contributed by atoms with Gasteiger partial charge in [0, 0.05) is 43.3 Å². The lowest BCUT2D eigenvalue weighted by atomic mass is 9.92.